The highest BCUT2D eigenvalue weighted by Crippen LogP contribution is 2.21. The predicted octanol–water partition coefficient (Wildman–Crippen LogP) is 2.88. The molecule has 1 heterocycles. The lowest BCUT2D eigenvalue weighted by atomic mass is 9.89. The van der Waals surface area contributed by atoms with Gasteiger partial charge in [-0.15, -0.1) is 24.0 Å². The molecule has 21 heavy (non-hydrogen) atoms. The van der Waals surface area contributed by atoms with Crippen molar-refractivity contribution in [2.75, 3.05) is 7.05 Å². The first-order valence-electron chi connectivity index (χ1n) is 7.06. The summed E-state index contributed by atoms with van der Waals surface area (Å²) in [7, 11) is 1.76. The summed E-state index contributed by atoms with van der Waals surface area (Å²) in [5, 5.41) is 10.4. The van der Waals surface area contributed by atoms with E-state index in [2.05, 4.69) is 53.5 Å². The standard InChI is InChI=1S/C14H27N5O.HI/c1-10(7-8-14(3,4)5)17-13(15-6)16-9-12-18-11(2)20-19-12;/h10H,7-9H2,1-6H3,(H2,15,16,17);1H. The average Bonchev–Trinajstić information content (AvgIpc) is 2.77. The van der Waals surface area contributed by atoms with Crippen LogP contribution in [0.15, 0.2) is 9.52 Å². The van der Waals surface area contributed by atoms with Crippen LogP contribution in [0.4, 0.5) is 0 Å². The lowest BCUT2D eigenvalue weighted by Crippen LogP contribution is -2.42. The fourth-order valence-electron chi connectivity index (χ4n) is 1.73. The summed E-state index contributed by atoms with van der Waals surface area (Å²) < 4.78 is 4.93. The molecule has 0 saturated heterocycles. The second-order valence-electron chi connectivity index (χ2n) is 6.30. The third-order valence-corrected chi connectivity index (χ3v) is 2.92. The first-order valence-corrected chi connectivity index (χ1v) is 7.06. The van der Waals surface area contributed by atoms with E-state index in [-0.39, 0.29) is 24.0 Å². The molecule has 1 unspecified atom stereocenters. The third-order valence-electron chi connectivity index (χ3n) is 2.92. The largest absolute Gasteiger partial charge is 0.354 e. The van der Waals surface area contributed by atoms with Crippen molar-refractivity contribution >= 4 is 29.9 Å². The molecule has 0 bridgehead atoms. The van der Waals surface area contributed by atoms with Crippen molar-refractivity contribution in [2.45, 2.75) is 60.0 Å². The molecular formula is C14H28IN5O. The molecule has 0 aliphatic rings. The van der Waals surface area contributed by atoms with E-state index in [0.29, 0.717) is 29.7 Å². The first-order chi connectivity index (χ1) is 9.30. The van der Waals surface area contributed by atoms with Gasteiger partial charge in [-0.3, -0.25) is 4.99 Å². The maximum absolute atomic E-state index is 4.93. The van der Waals surface area contributed by atoms with Crippen molar-refractivity contribution in [1.29, 1.82) is 0 Å². The normalized spacial score (nSPS) is 13.5. The van der Waals surface area contributed by atoms with Crippen LogP contribution < -0.4 is 10.6 Å². The van der Waals surface area contributed by atoms with Gasteiger partial charge in [0.15, 0.2) is 11.8 Å². The number of aromatic nitrogens is 2. The fourth-order valence-corrected chi connectivity index (χ4v) is 1.73. The van der Waals surface area contributed by atoms with Crippen LogP contribution in [0.25, 0.3) is 0 Å². The molecule has 0 spiro atoms. The molecule has 1 aromatic rings. The van der Waals surface area contributed by atoms with Gasteiger partial charge in [-0.25, -0.2) is 0 Å². The van der Waals surface area contributed by atoms with E-state index in [0.717, 1.165) is 12.4 Å². The molecular weight excluding hydrogens is 381 g/mol. The second kappa shape index (κ2) is 9.22. The molecule has 0 radical (unpaired) electrons. The summed E-state index contributed by atoms with van der Waals surface area (Å²) in [5.41, 5.74) is 0.356. The van der Waals surface area contributed by atoms with Gasteiger partial charge in [0.25, 0.3) is 0 Å². The van der Waals surface area contributed by atoms with Crippen molar-refractivity contribution < 1.29 is 4.52 Å². The molecule has 0 fully saturated rings. The van der Waals surface area contributed by atoms with Crippen LogP contribution in [-0.2, 0) is 6.54 Å². The van der Waals surface area contributed by atoms with Gasteiger partial charge in [0.1, 0.15) is 0 Å². The fraction of sp³-hybridized carbons (Fsp3) is 0.786. The number of hydrogen-bond donors (Lipinski definition) is 2. The number of aliphatic imine (C=N–C) groups is 1. The number of rotatable bonds is 5. The van der Waals surface area contributed by atoms with E-state index in [9.17, 15) is 0 Å². The summed E-state index contributed by atoms with van der Waals surface area (Å²) in [4.78, 5) is 8.34. The molecule has 0 aliphatic heterocycles. The van der Waals surface area contributed by atoms with Gasteiger partial charge >= 0.3 is 0 Å². The van der Waals surface area contributed by atoms with Crippen molar-refractivity contribution in [2.24, 2.45) is 10.4 Å². The number of guanidine groups is 1. The van der Waals surface area contributed by atoms with Crippen molar-refractivity contribution in [1.82, 2.24) is 20.8 Å². The molecule has 6 nitrogen and oxygen atoms in total. The monoisotopic (exact) mass is 409 g/mol. The summed E-state index contributed by atoms with van der Waals surface area (Å²) in [5.74, 6) is 1.96. The number of aryl methyl sites for hydroxylation is 1. The topological polar surface area (TPSA) is 75.3 Å². The van der Waals surface area contributed by atoms with Crippen molar-refractivity contribution in [3.05, 3.63) is 11.7 Å². The van der Waals surface area contributed by atoms with Crippen LogP contribution in [0.5, 0.6) is 0 Å². The van der Waals surface area contributed by atoms with Crippen LogP contribution in [0, 0.1) is 12.3 Å². The van der Waals surface area contributed by atoms with E-state index in [1.165, 1.54) is 6.42 Å². The summed E-state index contributed by atoms with van der Waals surface area (Å²) in [6.07, 6.45) is 2.27. The molecule has 0 amide bonds. The average molecular weight is 409 g/mol. The minimum Gasteiger partial charge on any atom is -0.354 e. The maximum Gasteiger partial charge on any atom is 0.223 e. The highest BCUT2D eigenvalue weighted by molar-refractivity contribution is 14.0. The Labute approximate surface area is 144 Å². The molecule has 0 aromatic carbocycles. The van der Waals surface area contributed by atoms with E-state index in [4.69, 9.17) is 4.52 Å². The molecule has 1 atom stereocenters. The summed E-state index contributed by atoms with van der Waals surface area (Å²) in [6.45, 7) is 11.2. The minimum atomic E-state index is 0. The van der Waals surface area contributed by atoms with Gasteiger partial charge in [0, 0.05) is 20.0 Å². The number of hydrogen-bond acceptors (Lipinski definition) is 4. The molecule has 1 rings (SSSR count). The van der Waals surface area contributed by atoms with Gasteiger partial charge in [-0.1, -0.05) is 25.9 Å². The van der Waals surface area contributed by atoms with Crippen LogP contribution in [0.2, 0.25) is 0 Å². The highest BCUT2D eigenvalue weighted by atomic mass is 127. The molecule has 0 saturated carbocycles. The van der Waals surface area contributed by atoms with E-state index >= 15 is 0 Å². The van der Waals surface area contributed by atoms with Gasteiger partial charge in [0.05, 0.1) is 6.54 Å². The van der Waals surface area contributed by atoms with E-state index < -0.39 is 0 Å². The maximum atomic E-state index is 4.93. The number of nitrogens with zero attached hydrogens (tertiary/aromatic N) is 3. The molecule has 7 heteroatoms. The Morgan fingerprint density at radius 1 is 1.38 bits per heavy atom. The van der Waals surface area contributed by atoms with Crippen LogP contribution in [0.3, 0.4) is 0 Å². The Morgan fingerprint density at radius 3 is 2.52 bits per heavy atom. The Hall–Kier alpha value is -0.860. The first kappa shape index (κ1) is 20.1. The minimum absolute atomic E-state index is 0. The van der Waals surface area contributed by atoms with Crippen LogP contribution >= 0.6 is 24.0 Å². The highest BCUT2D eigenvalue weighted by Gasteiger charge is 2.13. The zero-order valence-corrected chi connectivity index (χ0v) is 16.2. The zero-order valence-electron chi connectivity index (χ0n) is 13.9. The lowest BCUT2D eigenvalue weighted by Gasteiger charge is -2.22. The zero-order chi connectivity index (χ0) is 15.2. The Bertz CT molecular complexity index is 439. The molecule has 2 N–H and O–H groups in total. The molecule has 1 aromatic heterocycles. The Morgan fingerprint density at radius 2 is 2.05 bits per heavy atom. The summed E-state index contributed by atoms with van der Waals surface area (Å²) >= 11 is 0. The molecule has 122 valence electrons. The second-order valence-corrected chi connectivity index (χ2v) is 6.30. The lowest BCUT2D eigenvalue weighted by molar-refractivity contribution is 0.346. The summed E-state index contributed by atoms with van der Waals surface area (Å²) in [6, 6.07) is 0.368. The predicted molar refractivity (Wildman–Crippen MR) is 95.9 cm³/mol. The van der Waals surface area contributed by atoms with E-state index in [1.807, 2.05) is 0 Å². The van der Waals surface area contributed by atoms with Crippen LogP contribution in [-0.4, -0.2) is 29.2 Å². The van der Waals surface area contributed by atoms with Gasteiger partial charge in [0.2, 0.25) is 5.89 Å². The molecule has 0 aliphatic carbocycles. The number of halogens is 1. The van der Waals surface area contributed by atoms with Gasteiger partial charge < -0.3 is 15.2 Å². The van der Waals surface area contributed by atoms with Gasteiger partial charge in [-0.2, -0.15) is 4.98 Å². The Kier molecular flexibility index (Phi) is 8.84. The van der Waals surface area contributed by atoms with Crippen molar-refractivity contribution in [3.8, 4) is 0 Å². The van der Waals surface area contributed by atoms with Crippen molar-refractivity contribution in [3.63, 3.8) is 0 Å². The van der Waals surface area contributed by atoms with E-state index in [1.54, 1.807) is 14.0 Å². The number of nitrogens with one attached hydrogen (secondary N) is 2. The van der Waals surface area contributed by atoms with Crippen LogP contribution in [0.1, 0.15) is 52.3 Å². The Balaban J connectivity index is 0.00000400. The smallest absolute Gasteiger partial charge is 0.223 e. The quantitative estimate of drug-likeness (QED) is 0.445. The third kappa shape index (κ3) is 8.90. The van der Waals surface area contributed by atoms with Gasteiger partial charge in [-0.05, 0) is 25.2 Å². The SMILES string of the molecule is CN=C(NCc1noc(C)n1)NC(C)CCC(C)(C)C.I.